The van der Waals surface area contributed by atoms with Gasteiger partial charge in [0, 0.05) is 19.7 Å². The van der Waals surface area contributed by atoms with Crippen molar-refractivity contribution in [2.75, 3.05) is 18.5 Å². The van der Waals surface area contributed by atoms with Gasteiger partial charge in [0.25, 0.3) is 0 Å². The first-order valence-electron chi connectivity index (χ1n) is 4.14. The van der Waals surface area contributed by atoms with Crippen molar-refractivity contribution in [3.8, 4) is 0 Å². The number of nitrogens with zero attached hydrogens (tertiary/aromatic N) is 3. The third-order valence-electron chi connectivity index (χ3n) is 1.78. The molecule has 0 bridgehead atoms. The third-order valence-corrected chi connectivity index (χ3v) is 1.97. The lowest BCUT2D eigenvalue weighted by Crippen LogP contribution is -2.24. The van der Waals surface area contributed by atoms with E-state index in [-0.39, 0.29) is 11.7 Å². The van der Waals surface area contributed by atoms with Gasteiger partial charge in [-0.1, -0.05) is 11.6 Å². The third kappa shape index (κ3) is 4.33. The monoisotopic (exact) mass is 239 g/mol. The first-order chi connectivity index (χ1) is 6.88. The van der Waals surface area contributed by atoms with E-state index in [1.807, 2.05) is 0 Å². The highest BCUT2D eigenvalue weighted by molar-refractivity contribution is 6.29. The van der Waals surface area contributed by atoms with Crippen LogP contribution in [0.2, 0.25) is 5.15 Å². The van der Waals surface area contributed by atoms with Gasteiger partial charge >= 0.3 is 6.18 Å². The van der Waals surface area contributed by atoms with Gasteiger partial charge in [0.2, 0.25) is 0 Å². The molecule has 84 valence electrons. The van der Waals surface area contributed by atoms with E-state index >= 15 is 0 Å². The van der Waals surface area contributed by atoms with Crippen LogP contribution in [0.25, 0.3) is 0 Å². The van der Waals surface area contributed by atoms with Crippen molar-refractivity contribution in [3.05, 3.63) is 17.4 Å². The molecule has 0 aliphatic carbocycles. The molecule has 15 heavy (non-hydrogen) atoms. The number of rotatable bonds is 3. The van der Waals surface area contributed by atoms with Crippen LogP contribution >= 0.6 is 11.6 Å². The van der Waals surface area contributed by atoms with E-state index in [0.717, 1.165) is 0 Å². The number of aromatic nitrogens is 2. The Bertz CT molecular complexity index is 329. The summed E-state index contributed by atoms with van der Waals surface area (Å²) in [5.74, 6) is 0. The number of anilines is 1. The summed E-state index contributed by atoms with van der Waals surface area (Å²) in [6, 6.07) is 1.46. The van der Waals surface area contributed by atoms with E-state index in [2.05, 4.69) is 10.2 Å². The molecular weight excluding hydrogens is 231 g/mol. The maximum atomic E-state index is 11.9. The van der Waals surface area contributed by atoms with Gasteiger partial charge in [0.15, 0.2) is 5.15 Å². The molecule has 0 radical (unpaired) electrons. The molecule has 0 aliphatic heterocycles. The van der Waals surface area contributed by atoms with Crippen molar-refractivity contribution in [1.29, 1.82) is 0 Å². The molecule has 0 amide bonds. The Hall–Kier alpha value is -1.04. The Kier molecular flexibility index (Phi) is 3.73. The maximum absolute atomic E-state index is 11.9. The highest BCUT2D eigenvalue weighted by atomic mass is 35.5. The van der Waals surface area contributed by atoms with Crippen molar-refractivity contribution in [3.63, 3.8) is 0 Å². The van der Waals surface area contributed by atoms with E-state index in [1.165, 1.54) is 17.2 Å². The van der Waals surface area contributed by atoms with Gasteiger partial charge in [-0.2, -0.15) is 18.3 Å². The molecule has 1 heterocycles. The second kappa shape index (κ2) is 4.65. The van der Waals surface area contributed by atoms with Crippen LogP contribution in [-0.2, 0) is 0 Å². The minimum absolute atomic E-state index is 0.133. The zero-order valence-corrected chi connectivity index (χ0v) is 8.68. The van der Waals surface area contributed by atoms with Gasteiger partial charge in [-0.25, -0.2) is 0 Å². The standard InChI is InChI=1S/C8H9ClF3N3/c1-15(3-2-8(10,11)12)6-4-7(9)14-13-5-6/h4-5H,2-3H2,1H3. The molecule has 0 spiro atoms. The fraction of sp³-hybridized carbons (Fsp3) is 0.500. The van der Waals surface area contributed by atoms with Gasteiger partial charge in [-0.3, -0.25) is 0 Å². The fourth-order valence-corrected chi connectivity index (χ4v) is 1.12. The molecule has 0 aromatic carbocycles. The summed E-state index contributed by atoms with van der Waals surface area (Å²) < 4.78 is 35.8. The van der Waals surface area contributed by atoms with Crippen LogP contribution in [0.1, 0.15) is 6.42 Å². The topological polar surface area (TPSA) is 29.0 Å². The summed E-state index contributed by atoms with van der Waals surface area (Å²) in [5.41, 5.74) is 0.513. The summed E-state index contributed by atoms with van der Waals surface area (Å²) in [7, 11) is 1.54. The smallest absolute Gasteiger partial charge is 0.373 e. The van der Waals surface area contributed by atoms with E-state index in [0.29, 0.717) is 5.69 Å². The highest BCUT2D eigenvalue weighted by Gasteiger charge is 2.27. The van der Waals surface area contributed by atoms with Crippen LogP contribution in [0.5, 0.6) is 0 Å². The molecule has 1 aromatic heterocycles. The quantitative estimate of drug-likeness (QED) is 0.812. The lowest BCUT2D eigenvalue weighted by Gasteiger charge is -2.19. The predicted octanol–water partition coefficient (Wildman–Crippen LogP) is 2.52. The van der Waals surface area contributed by atoms with Crippen LogP contribution in [-0.4, -0.2) is 30.0 Å². The zero-order valence-electron chi connectivity index (χ0n) is 7.92. The average Bonchev–Trinajstić information content (AvgIpc) is 2.13. The van der Waals surface area contributed by atoms with Crippen molar-refractivity contribution < 1.29 is 13.2 Å². The number of hydrogen-bond donors (Lipinski definition) is 0. The molecular formula is C8H9ClF3N3. The minimum Gasteiger partial charge on any atom is -0.373 e. The van der Waals surface area contributed by atoms with Gasteiger partial charge in [0.1, 0.15) is 0 Å². The molecule has 1 rings (SSSR count). The van der Waals surface area contributed by atoms with Gasteiger partial charge < -0.3 is 4.90 Å². The van der Waals surface area contributed by atoms with Crippen LogP contribution in [0.4, 0.5) is 18.9 Å². The van der Waals surface area contributed by atoms with Crippen molar-refractivity contribution >= 4 is 17.3 Å². The van der Waals surface area contributed by atoms with Crippen molar-refractivity contribution in [2.24, 2.45) is 0 Å². The summed E-state index contributed by atoms with van der Waals surface area (Å²) >= 11 is 5.56. The van der Waals surface area contributed by atoms with Crippen LogP contribution in [0, 0.1) is 0 Å². The molecule has 0 saturated carbocycles. The van der Waals surface area contributed by atoms with Crippen LogP contribution < -0.4 is 4.90 Å². The maximum Gasteiger partial charge on any atom is 0.390 e. The largest absolute Gasteiger partial charge is 0.390 e. The van der Waals surface area contributed by atoms with Gasteiger partial charge in [0.05, 0.1) is 18.3 Å². The Labute approximate surface area is 89.9 Å². The van der Waals surface area contributed by atoms with E-state index < -0.39 is 12.6 Å². The first kappa shape index (κ1) is 12.0. The fourth-order valence-electron chi connectivity index (χ4n) is 0.964. The number of alkyl halides is 3. The summed E-state index contributed by atoms with van der Waals surface area (Å²) in [4.78, 5) is 1.42. The predicted molar refractivity (Wildman–Crippen MR) is 51.0 cm³/mol. The van der Waals surface area contributed by atoms with Crippen molar-refractivity contribution in [2.45, 2.75) is 12.6 Å². The van der Waals surface area contributed by atoms with Crippen LogP contribution in [0.3, 0.4) is 0 Å². The molecule has 0 atom stereocenters. The second-order valence-corrected chi connectivity index (χ2v) is 3.41. The molecule has 0 saturated heterocycles. The van der Waals surface area contributed by atoms with Gasteiger partial charge in [-0.15, -0.1) is 5.10 Å². The first-order valence-corrected chi connectivity index (χ1v) is 4.52. The molecule has 0 aliphatic rings. The van der Waals surface area contributed by atoms with E-state index in [4.69, 9.17) is 11.6 Å². The van der Waals surface area contributed by atoms with Gasteiger partial charge in [-0.05, 0) is 0 Å². The molecule has 3 nitrogen and oxygen atoms in total. The Morgan fingerprint density at radius 2 is 2.13 bits per heavy atom. The van der Waals surface area contributed by atoms with Crippen molar-refractivity contribution in [1.82, 2.24) is 10.2 Å². The van der Waals surface area contributed by atoms with E-state index in [1.54, 1.807) is 7.05 Å². The Morgan fingerprint density at radius 3 is 2.67 bits per heavy atom. The molecule has 7 heteroatoms. The Morgan fingerprint density at radius 1 is 1.47 bits per heavy atom. The Balaban J connectivity index is 2.58. The minimum atomic E-state index is -4.15. The average molecular weight is 240 g/mol. The summed E-state index contributed by atoms with van der Waals surface area (Å²) in [6.07, 6.45) is -3.66. The summed E-state index contributed by atoms with van der Waals surface area (Å²) in [6.45, 7) is -0.133. The highest BCUT2D eigenvalue weighted by Crippen LogP contribution is 2.21. The molecule has 0 fully saturated rings. The summed E-state index contributed by atoms with van der Waals surface area (Å²) in [5, 5.41) is 7.20. The number of halogens is 4. The van der Waals surface area contributed by atoms with E-state index in [9.17, 15) is 13.2 Å². The zero-order chi connectivity index (χ0) is 11.5. The molecule has 1 aromatic rings. The second-order valence-electron chi connectivity index (χ2n) is 3.02. The van der Waals surface area contributed by atoms with Crippen LogP contribution in [0.15, 0.2) is 12.3 Å². The number of hydrogen-bond acceptors (Lipinski definition) is 3. The normalized spacial score (nSPS) is 11.5. The SMILES string of the molecule is CN(CCC(F)(F)F)c1cnnc(Cl)c1. The molecule has 0 unspecified atom stereocenters. The molecule has 0 N–H and O–H groups in total. The lowest BCUT2D eigenvalue weighted by atomic mass is 10.3. The lowest BCUT2D eigenvalue weighted by molar-refractivity contribution is -0.132.